The lowest BCUT2D eigenvalue weighted by atomic mass is 9.93. The van der Waals surface area contributed by atoms with Crippen molar-refractivity contribution in [2.75, 3.05) is 11.6 Å². The summed E-state index contributed by atoms with van der Waals surface area (Å²) in [5.41, 5.74) is -1.28. The Kier molecular flexibility index (Phi) is 7.95. The van der Waals surface area contributed by atoms with Crippen molar-refractivity contribution in [3.05, 3.63) is 91.0 Å². The van der Waals surface area contributed by atoms with Gasteiger partial charge in [-0.3, -0.25) is 10.0 Å². The summed E-state index contributed by atoms with van der Waals surface area (Å²) in [7, 11) is 0. The van der Waals surface area contributed by atoms with E-state index in [4.69, 9.17) is 10.3 Å². The second-order valence-electron chi connectivity index (χ2n) is 7.13. The molecule has 0 saturated carbocycles. The van der Waals surface area contributed by atoms with Gasteiger partial charge in [0.05, 0.1) is 18.8 Å². The van der Waals surface area contributed by atoms with E-state index in [0.29, 0.717) is 10.8 Å². The van der Waals surface area contributed by atoms with Gasteiger partial charge in [0.25, 0.3) is 0 Å². The van der Waals surface area contributed by atoms with Gasteiger partial charge in [-0.15, -0.1) is 0 Å². The molecule has 0 saturated heterocycles. The van der Waals surface area contributed by atoms with E-state index in [1.807, 2.05) is 0 Å². The summed E-state index contributed by atoms with van der Waals surface area (Å²) < 4.78 is 29.9. The third-order valence-corrected chi connectivity index (χ3v) is 4.55. The van der Waals surface area contributed by atoms with E-state index >= 15 is 0 Å². The number of aliphatic carboxylic acids is 1. The third kappa shape index (κ3) is 6.63. The Morgan fingerprint density at radius 3 is 2.03 bits per heavy atom. The Morgan fingerprint density at radius 2 is 1.56 bits per heavy atom. The van der Waals surface area contributed by atoms with Crippen LogP contribution in [-0.2, 0) is 23.5 Å². The number of carbonyl (C=O) groups is 1. The van der Waals surface area contributed by atoms with Crippen LogP contribution in [0.5, 0.6) is 0 Å². The molecule has 11 nitrogen and oxygen atoms in total. The summed E-state index contributed by atoms with van der Waals surface area (Å²) in [4.78, 5) is 17.8. The van der Waals surface area contributed by atoms with Crippen LogP contribution in [0.1, 0.15) is 5.56 Å². The number of hydrogen-bond donors (Lipinski definition) is 3. The molecule has 0 aliphatic heterocycles. The average Bonchev–Trinajstić information content (AvgIpc) is 3.48. The average molecular weight is 473 g/mol. The highest BCUT2D eigenvalue weighted by Crippen LogP contribution is 2.28. The quantitative estimate of drug-likeness (QED) is 0.326. The van der Waals surface area contributed by atoms with Crippen molar-refractivity contribution in [3.8, 4) is 0 Å². The highest BCUT2D eigenvalue weighted by Gasteiger charge is 2.34. The number of anilines is 1. The molecule has 0 atom stereocenters. The van der Waals surface area contributed by atoms with Crippen molar-refractivity contribution in [1.82, 2.24) is 29.5 Å². The third-order valence-electron chi connectivity index (χ3n) is 4.55. The van der Waals surface area contributed by atoms with E-state index in [0.717, 1.165) is 12.1 Å². The second kappa shape index (κ2) is 11.1. The molecule has 13 heteroatoms. The minimum atomic E-state index is -1.70. The summed E-state index contributed by atoms with van der Waals surface area (Å²) in [6.45, 7) is -0.561. The molecular formula is C21H21F2N7O4. The number of rotatable bonds is 8. The first kappa shape index (κ1) is 24.4. The highest BCUT2D eigenvalue weighted by molar-refractivity contribution is 5.72. The van der Waals surface area contributed by atoms with Gasteiger partial charge >= 0.3 is 5.97 Å². The van der Waals surface area contributed by atoms with Crippen molar-refractivity contribution < 1.29 is 29.0 Å². The number of halogens is 2. The van der Waals surface area contributed by atoms with Gasteiger partial charge in [0.15, 0.2) is 0 Å². The van der Waals surface area contributed by atoms with Gasteiger partial charge in [-0.2, -0.15) is 10.2 Å². The molecule has 0 amide bonds. The lowest BCUT2D eigenvalue weighted by molar-refractivity contribution is -0.136. The monoisotopic (exact) mass is 473 g/mol. The van der Waals surface area contributed by atoms with Crippen LogP contribution in [0.25, 0.3) is 0 Å². The second-order valence-corrected chi connectivity index (χ2v) is 7.13. The molecule has 4 rings (SSSR count). The first-order valence-electron chi connectivity index (χ1n) is 9.83. The van der Waals surface area contributed by atoms with Crippen LogP contribution >= 0.6 is 0 Å². The molecule has 4 aromatic rings. The Bertz CT molecular complexity index is 1140. The molecule has 0 fully saturated rings. The fourth-order valence-corrected chi connectivity index (χ4v) is 3.07. The standard InChI is InChI=1S/C13H12F2N6O.C8H9NO3/c14-10-1-2-11(12(15)3-10)13(22,4-20-8-16-6-18-20)5-21-9-17-7-19-21;10-8(11)6-9(12)7-4-2-1-3-5-7/h1-3,6-9,22H,4-5H2;1-5,12H,6H2,(H,10,11). The van der Waals surface area contributed by atoms with Gasteiger partial charge in [-0.1, -0.05) is 24.3 Å². The van der Waals surface area contributed by atoms with E-state index in [9.17, 15) is 18.7 Å². The van der Waals surface area contributed by atoms with Crippen molar-refractivity contribution in [3.63, 3.8) is 0 Å². The van der Waals surface area contributed by atoms with Gasteiger partial charge in [0.1, 0.15) is 49.1 Å². The van der Waals surface area contributed by atoms with Gasteiger partial charge in [0, 0.05) is 11.6 Å². The maximum Gasteiger partial charge on any atom is 0.325 e. The van der Waals surface area contributed by atoms with Gasteiger partial charge in [0.2, 0.25) is 0 Å². The zero-order valence-corrected chi connectivity index (χ0v) is 17.7. The van der Waals surface area contributed by atoms with E-state index in [2.05, 4.69) is 20.2 Å². The summed E-state index contributed by atoms with van der Waals surface area (Å²) in [6, 6.07) is 11.5. The molecule has 2 aromatic heterocycles. The zero-order valence-electron chi connectivity index (χ0n) is 17.7. The van der Waals surface area contributed by atoms with Crippen LogP contribution in [0.4, 0.5) is 14.5 Å². The maximum absolute atomic E-state index is 14.1. The number of carboxylic acid groups (broad SMARTS) is 1. The number of benzene rings is 2. The van der Waals surface area contributed by atoms with E-state index < -0.39 is 29.7 Å². The maximum atomic E-state index is 14.1. The number of nitrogens with zero attached hydrogens (tertiary/aromatic N) is 7. The summed E-state index contributed by atoms with van der Waals surface area (Å²) in [5.74, 6) is -2.63. The molecular weight excluding hydrogens is 452 g/mol. The molecule has 2 heterocycles. The first-order valence-corrected chi connectivity index (χ1v) is 9.83. The zero-order chi connectivity index (χ0) is 24.6. The molecule has 0 bridgehead atoms. The number of para-hydroxylation sites is 1. The van der Waals surface area contributed by atoms with Crippen LogP contribution in [0, 0.1) is 11.6 Å². The normalized spacial score (nSPS) is 10.9. The lowest BCUT2D eigenvalue weighted by Crippen LogP contribution is -2.37. The number of aliphatic hydroxyl groups is 1. The molecule has 34 heavy (non-hydrogen) atoms. The van der Waals surface area contributed by atoms with E-state index in [1.54, 1.807) is 30.3 Å². The Morgan fingerprint density at radius 1 is 0.971 bits per heavy atom. The van der Waals surface area contributed by atoms with Crippen molar-refractivity contribution in [1.29, 1.82) is 0 Å². The van der Waals surface area contributed by atoms with Gasteiger partial charge in [-0.05, 0) is 18.2 Å². The van der Waals surface area contributed by atoms with Crippen LogP contribution < -0.4 is 5.06 Å². The van der Waals surface area contributed by atoms with E-state index in [-0.39, 0.29) is 18.7 Å². The fraction of sp³-hybridized carbons (Fsp3) is 0.190. The van der Waals surface area contributed by atoms with Crippen LogP contribution in [0.15, 0.2) is 73.8 Å². The Hall–Kier alpha value is -4.23. The van der Waals surface area contributed by atoms with Gasteiger partial charge < -0.3 is 10.2 Å². The molecule has 3 N–H and O–H groups in total. The molecule has 0 unspecified atom stereocenters. The van der Waals surface area contributed by atoms with E-state index in [1.165, 1.54) is 40.7 Å². The molecule has 0 spiro atoms. The summed E-state index contributed by atoms with van der Waals surface area (Å²) >= 11 is 0. The Labute approximate surface area is 192 Å². The smallest absolute Gasteiger partial charge is 0.325 e. The molecule has 0 aliphatic rings. The molecule has 178 valence electrons. The molecule has 0 aliphatic carbocycles. The lowest BCUT2D eigenvalue weighted by Gasteiger charge is -2.28. The predicted octanol–water partition coefficient (Wildman–Crippen LogP) is 1.70. The van der Waals surface area contributed by atoms with Crippen molar-refractivity contribution in [2.45, 2.75) is 18.7 Å². The number of hydrogen-bond acceptors (Lipinski definition) is 8. The highest BCUT2D eigenvalue weighted by atomic mass is 19.1. The molecule has 0 radical (unpaired) electrons. The minimum absolute atomic E-state index is 0.0556. The topological polar surface area (TPSA) is 142 Å². The van der Waals surface area contributed by atoms with Crippen molar-refractivity contribution >= 4 is 11.7 Å². The summed E-state index contributed by atoms with van der Waals surface area (Å²) in [6.07, 6.45) is 5.40. The largest absolute Gasteiger partial charge is 0.480 e. The summed E-state index contributed by atoms with van der Waals surface area (Å²) in [5, 5.41) is 36.9. The van der Waals surface area contributed by atoms with Crippen LogP contribution in [0.3, 0.4) is 0 Å². The minimum Gasteiger partial charge on any atom is -0.480 e. The van der Waals surface area contributed by atoms with Crippen molar-refractivity contribution in [2.24, 2.45) is 0 Å². The Balaban J connectivity index is 0.000000229. The predicted molar refractivity (Wildman–Crippen MR) is 114 cm³/mol. The van der Waals surface area contributed by atoms with Crippen LogP contribution in [-0.4, -0.2) is 57.5 Å². The number of hydroxylamine groups is 1. The molecule has 2 aromatic carbocycles. The fourth-order valence-electron chi connectivity index (χ4n) is 3.07. The number of carboxylic acids is 1. The SMILES string of the molecule is O=C(O)CN(O)c1ccccc1.OC(Cn1cncn1)(Cn1cncn1)c1ccc(F)cc1F. The van der Waals surface area contributed by atoms with Gasteiger partial charge in [-0.25, -0.2) is 33.2 Å². The number of aromatic nitrogens is 6. The van der Waals surface area contributed by atoms with Crippen LogP contribution in [0.2, 0.25) is 0 Å². The first-order chi connectivity index (χ1) is 16.3.